The number of carbonyl (C=O) groups is 1. The third kappa shape index (κ3) is 4.61. The second-order valence-corrected chi connectivity index (χ2v) is 9.01. The lowest BCUT2D eigenvalue weighted by molar-refractivity contribution is 0.0593. The molecule has 3 aromatic rings. The number of aryl methyl sites for hydroxylation is 2. The van der Waals surface area contributed by atoms with Gasteiger partial charge in [-0.25, -0.2) is 4.98 Å². The highest BCUT2D eigenvalue weighted by atomic mass is 32.1. The molecule has 0 saturated carbocycles. The van der Waals surface area contributed by atoms with E-state index in [1.54, 1.807) is 21.3 Å². The first-order chi connectivity index (χ1) is 15.9. The third-order valence-corrected chi connectivity index (χ3v) is 6.89. The molecule has 0 fully saturated rings. The van der Waals surface area contributed by atoms with Crippen molar-refractivity contribution >= 4 is 17.2 Å². The maximum absolute atomic E-state index is 13.6. The molecule has 0 bridgehead atoms. The van der Waals surface area contributed by atoms with Crippen molar-refractivity contribution in [2.45, 2.75) is 26.3 Å². The van der Waals surface area contributed by atoms with Crippen molar-refractivity contribution in [2.75, 3.05) is 34.5 Å². The predicted octanol–water partition coefficient (Wildman–Crippen LogP) is 4.60. The van der Waals surface area contributed by atoms with Crippen LogP contribution in [0.3, 0.4) is 0 Å². The Balaban J connectivity index is 1.69. The van der Waals surface area contributed by atoms with Gasteiger partial charge in [0.1, 0.15) is 23.0 Å². The van der Waals surface area contributed by atoms with E-state index in [0.717, 1.165) is 34.0 Å². The minimum Gasteiger partial charge on any atom is -0.497 e. The van der Waals surface area contributed by atoms with Crippen LogP contribution in [0.1, 0.15) is 37.5 Å². The lowest BCUT2D eigenvalue weighted by Gasteiger charge is -2.37. The zero-order valence-corrected chi connectivity index (χ0v) is 20.3. The zero-order chi connectivity index (χ0) is 23.5. The molecule has 2 heterocycles. The lowest BCUT2D eigenvalue weighted by atomic mass is 9.92. The van der Waals surface area contributed by atoms with Gasteiger partial charge in [-0.3, -0.25) is 4.79 Å². The Morgan fingerprint density at radius 3 is 2.30 bits per heavy atom. The number of nitrogens with zero attached hydrogens (tertiary/aromatic N) is 2. The SMILES string of the molecule is COc1ccc(OCC2c3cc(OC)c(OC)cc3CCN2C(=O)c2sc(C)nc2C)cc1. The molecule has 1 aliphatic rings. The van der Waals surface area contributed by atoms with E-state index in [9.17, 15) is 4.79 Å². The van der Waals surface area contributed by atoms with Gasteiger partial charge >= 0.3 is 0 Å². The van der Waals surface area contributed by atoms with E-state index in [0.29, 0.717) is 35.3 Å². The summed E-state index contributed by atoms with van der Waals surface area (Å²) in [5.74, 6) is 2.75. The predicted molar refractivity (Wildman–Crippen MR) is 127 cm³/mol. The van der Waals surface area contributed by atoms with Crippen molar-refractivity contribution in [3.63, 3.8) is 0 Å². The Morgan fingerprint density at radius 1 is 1.03 bits per heavy atom. The van der Waals surface area contributed by atoms with E-state index in [2.05, 4.69) is 4.98 Å². The summed E-state index contributed by atoms with van der Waals surface area (Å²) in [5.41, 5.74) is 2.88. The van der Waals surface area contributed by atoms with Gasteiger partial charge in [-0.2, -0.15) is 0 Å². The van der Waals surface area contributed by atoms with Crippen LogP contribution in [0.5, 0.6) is 23.0 Å². The van der Waals surface area contributed by atoms with E-state index < -0.39 is 0 Å². The van der Waals surface area contributed by atoms with Crippen LogP contribution in [0.4, 0.5) is 0 Å². The highest BCUT2D eigenvalue weighted by Crippen LogP contribution is 2.39. The van der Waals surface area contributed by atoms with Gasteiger partial charge in [-0.05, 0) is 67.8 Å². The molecule has 33 heavy (non-hydrogen) atoms. The molecule has 1 atom stereocenters. The largest absolute Gasteiger partial charge is 0.497 e. The van der Waals surface area contributed by atoms with E-state index in [1.165, 1.54) is 11.3 Å². The van der Waals surface area contributed by atoms with Gasteiger partial charge in [0.05, 0.1) is 38.1 Å². The Labute approximate surface area is 197 Å². The molecule has 0 spiro atoms. The molecule has 174 valence electrons. The van der Waals surface area contributed by atoms with Gasteiger partial charge in [0.25, 0.3) is 5.91 Å². The maximum Gasteiger partial charge on any atom is 0.266 e. The molecular weight excluding hydrogens is 440 g/mol. The summed E-state index contributed by atoms with van der Waals surface area (Å²) in [4.78, 5) is 20.6. The summed E-state index contributed by atoms with van der Waals surface area (Å²) in [5, 5.41) is 0.880. The maximum atomic E-state index is 13.6. The molecule has 1 aromatic heterocycles. The number of ether oxygens (including phenoxy) is 4. The fourth-order valence-corrected chi connectivity index (χ4v) is 5.03. The van der Waals surface area contributed by atoms with Crippen LogP contribution in [0, 0.1) is 13.8 Å². The summed E-state index contributed by atoms with van der Waals surface area (Å²) in [6, 6.07) is 11.1. The molecule has 0 N–H and O–H groups in total. The third-order valence-electron chi connectivity index (χ3n) is 5.83. The highest BCUT2D eigenvalue weighted by molar-refractivity contribution is 7.13. The number of aromatic nitrogens is 1. The van der Waals surface area contributed by atoms with Crippen molar-refractivity contribution in [3.8, 4) is 23.0 Å². The summed E-state index contributed by atoms with van der Waals surface area (Å²) >= 11 is 1.43. The summed E-state index contributed by atoms with van der Waals surface area (Å²) in [6.45, 7) is 4.68. The van der Waals surface area contributed by atoms with Crippen molar-refractivity contribution in [1.82, 2.24) is 9.88 Å². The summed E-state index contributed by atoms with van der Waals surface area (Å²) in [7, 11) is 4.87. The number of rotatable bonds is 7. The number of thiazole rings is 1. The molecule has 4 rings (SSSR count). The Bertz CT molecular complexity index is 1140. The molecule has 2 aromatic carbocycles. The molecule has 0 aliphatic carbocycles. The first kappa shape index (κ1) is 22.9. The van der Waals surface area contributed by atoms with Crippen LogP contribution in [0.2, 0.25) is 0 Å². The molecule has 7 nitrogen and oxygen atoms in total. The highest BCUT2D eigenvalue weighted by Gasteiger charge is 2.34. The Kier molecular flexibility index (Phi) is 6.74. The van der Waals surface area contributed by atoms with Crippen LogP contribution in [-0.4, -0.2) is 50.3 Å². The topological polar surface area (TPSA) is 70.1 Å². The van der Waals surface area contributed by atoms with E-state index >= 15 is 0 Å². The first-order valence-corrected chi connectivity index (χ1v) is 11.5. The number of carbonyl (C=O) groups excluding carboxylic acids is 1. The van der Waals surface area contributed by atoms with E-state index in [4.69, 9.17) is 18.9 Å². The van der Waals surface area contributed by atoms with Crippen LogP contribution >= 0.6 is 11.3 Å². The van der Waals surface area contributed by atoms with Crippen molar-refractivity contribution in [1.29, 1.82) is 0 Å². The fraction of sp³-hybridized carbons (Fsp3) is 0.360. The zero-order valence-electron chi connectivity index (χ0n) is 19.5. The van der Waals surface area contributed by atoms with Gasteiger partial charge in [-0.1, -0.05) is 0 Å². The van der Waals surface area contributed by atoms with Crippen molar-refractivity contribution in [2.24, 2.45) is 0 Å². The molecule has 0 saturated heterocycles. The second-order valence-electron chi connectivity index (χ2n) is 7.80. The van der Waals surface area contributed by atoms with Crippen molar-refractivity contribution < 1.29 is 23.7 Å². The van der Waals surface area contributed by atoms with Crippen molar-refractivity contribution in [3.05, 3.63) is 63.1 Å². The molecule has 0 radical (unpaired) electrons. The van der Waals surface area contributed by atoms with Crippen LogP contribution < -0.4 is 18.9 Å². The average Bonchev–Trinajstić information content (AvgIpc) is 3.18. The fourth-order valence-electron chi connectivity index (χ4n) is 4.16. The molecule has 1 amide bonds. The number of hydrogen-bond acceptors (Lipinski definition) is 7. The second kappa shape index (κ2) is 9.70. The van der Waals surface area contributed by atoms with Gasteiger partial charge < -0.3 is 23.8 Å². The number of fused-ring (bicyclic) bond motifs is 1. The smallest absolute Gasteiger partial charge is 0.266 e. The molecule has 1 aliphatic heterocycles. The standard InChI is InChI=1S/C25H28N2O5S/c1-15-24(33-16(2)26-15)25(28)27-11-10-17-12-22(30-4)23(31-5)13-20(17)21(27)14-32-19-8-6-18(29-3)7-9-19/h6-9,12-13,21H,10-11,14H2,1-5H3. The van der Waals surface area contributed by atoms with Gasteiger partial charge in [0.15, 0.2) is 11.5 Å². The monoisotopic (exact) mass is 468 g/mol. The first-order valence-electron chi connectivity index (χ1n) is 10.7. The van der Waals surface area contributed by atoms with E-state index in [1.807, 2.05) is 55.1 Å². The quantitative estimate of drug-likeness (QED) is 0.505. The average molecular weight is 469 g/mol. The van der Waals surface area contributed by atoms with E-state index in [-0.39, 0.29) is 11.9 Å². The lowest BCUT2D eigenvalue weighted by Crippen LogP contribution is -2.42. The number of benzene rings is 2. The van der Waals surface area contributed by atoms with Gasteiger partial charge in [-0.15, -0.1) is 11.3 Å². The normalized spacial score (nSPS) is 15.1. The molecule has 1 unspecified atom stereocenters. The summed E-state index contributed by atoms with van der Waals surface area (Å²) < 4.78 is 22.4. The van der Waals surface area contributed by atoms with Crippen LogP contribution in [0.25, 0.3) is 0 Å². The van der Waals surface area contributed by atoms with Crippen LogP contribution in [-0.2, 0) is 6.42 Å². The minimum absolute atomic E-state index is 0.0261. The number of methoxy groups -OCH3 is 3. The molecule has 8 heteroatoms. The van der Waals surface area contributed by atoms with Gasteiger partial charge in [0.2, 0.25) is 0 Å². The Hall–Kier alpha value is -3.26. The number of amides is 1. The van der Waals surface area contributed by atoms with Crippen LogP contribution in [0.15, 0.2) is 36.4 Å². The summed E-state index contributed by atoms with van der Waals surface area (Å²) in [6.07, 6.45) is 0.720. The minimum atomic E-state index is -0.287. The Morgan fingerprint density at radius 2 is 1.70 bits per heavy atom. The number of hydrogen-bond donors (Lipinski definition) is 0. The molecular formula is C25H28N2O5S. The van der Waals surface area contributed by atoms with Gasteiger partial charge in [0, 0.05) is 6.54 Å².